The van der Waals surface area contributed by atoms with Crippen molar-refractivity contribution in [1.82, 2.24) is 19.9 Å². The number of aromatic nitrogens is 3. The van der Waals surface area contributed by atoms with Crippen molar-refractivity contribution in [3.63, 3.8) is 0 Å². The van der Waals surface area contributed by atoms with Crippen molar-refractivity contribution >= 4 is 17.5 Å². The number of nitrogens with zero attached hydrogens (tertiary/aromatic N) is 3. The number of rotatable bonds is 7. The number of amides is 1. The average Bonchev–Trinajstić information content (AvgIpc) is 2.73. The fourth-order valence-electron chi connectivity index (χ4n) is 3.21. The van der Waals surface area contributed by atoms with Crippen molar-refractivity contribution in [2.24, 2.45) is 0 Å². The molecule has 1 amide bonds. The molecular weight excluding hydrogens is 418 g/mol. The Morgan fingerprint density at radius 3 is 2.62 bits per heavy atom. The molecule has 4 N–H and O–H groups in total. The van der Waals surface area contributed by atoms with Gasteiger partial charge in [-0.2, -0.15) is 0 Å². The maximum absolute atomic E-state index is 13.4. The number of hydrogen-bond donors (Lipinski definition) is 3. The van der Waals surface area contributed by atoms with Gasteiger partial charge in [0.05, 0.1) is 5.69 Å². The molecule has 10 heteroatoms. The average molecular weight is 442 g/mol. The number of hydrogen-bond acceptors (Lipinski definition) is 6. The van der Waals surface area contributed by atoms with Crippen molar-refractivity contribution in [3.05, 3.63) is 75.0 Å². The number of pyridine rings is 1. The Bertz CT molecular complexity index is 1230. The van der Waals surface area contributed by atoms with Gasteiger partial charge >= 0.3 is 0 Å². The van der Waals surface area contributed by atoms with Crippen LogP contribution in [0.3, 0.4) is 0 Å². The molecule has 0 fully saturated rings. The highest BCUT2D eigenvalue weighted by Gasteiger charge is 2.15. The van der Waals surface area contributed by atoms with Gasteiger partial charge in [-0.1, -0.05) is 6.07 Å². The molecule has 3 aromatic rings. The lowest BCUT2D eigenvalue weighted by molar-refractivity contribution is -0.119. The molecule has 32 heavy (non-hydrogen) atoms. The number of nitrogens with one attached hydrogen (secondary N) is 2. The third kappa shape index (κ3) is 5.08. The molecule has 0 saturated carbocycles. The lowest BCUT2D eigenvalue weighted by Crippen LogP contribution is -2.27. The molecule has 0 aliphatic heterocycles. The molecule has 0 aliphatic rings. The standard InChI is InChI=1S/C22H24F2N6O2/c1-12-10-28-21(26-7-6-15-4-5-17(23)18(24)8-15)22(32)30(12)19-9-16(11-27-14(3)31)13(2)29-20(19)25/h4-5,8-10H,6-7,11H2,1-3H3,(H2,25,29)(H,26,28)(H,27,31). The van der Waals surface area contributed by atoms with E-state index in [1.165, 1.54) is 23.8 Å². The molecule has 3 rings (SSSR count). The van der Waals surface area contributed by atoms with E-state index in [1.807, 2.05) is 0 Å². The fraction of sp³-hybridized carbons (Fsp3) is 0.273. The highest BCUT2D eigenvalue weighted by atomic mass is 19.2. The van der Waals surface area contributed by atoms with Crippen LogP contribution in [0.5, 0.6) is 0 Å². The molecule has 0 unspecified atom stereocenters. The third-order valence-corrected chi connectivity index (χ3v) is 4.92. The number of aryl methyl sites for hydroxylation is 2. The maximum Gasteiger partial charge on any atom is 0.298 e. The molecule has 168 valence electrons. The zero-order chi connectivity index (χ0) is 23.4. The third-order valence-electron chi connectivity index (χ3n) is 4.92. The Labute approximate surface area is 183 Å². The van der Waals surface area contributed by atoms with Crippen molar-refractivity contribution in [1.29, 1.82) is 0 Å². The number of carbonyl (C=O) groups is 1. The van der Waals surface area contributed by atoms with Gasteiger partial charge in [-0.3, -0.25) is 14.2 Å². The van der Waals surface area contributed by atoms with Crippen LogP contribution in [0.4, 0.5) is 20.4 Å². The smallest absolute Gasteiger partial charge is 0.298 e. The van der Waals surface area contributed by atoms with E-state index >= 15 is 0 Å². The Balaban J connectivity index is 1.87. The van der Waals surface area contributed by atoms with E-state index in [0.717, 1.165) is 17.7 Å². The summed E-state index contributed by atoms with van der Waals surface area (Å²) in [5.74, 6) is -1.77. The zero-order valence-corrected chi connectivity index (χ0v) is 18.0. The number of benzene rings is 1. The first kappa shape index (κ1) is 22.9. The number of anilines is 2. The Morgan fingerprint density at radius 1 is 1.19 bits per heavy atom. The van der Waals surface area contributed by atoms with Crippen molar-refractivity contribution in [2.75, 3.05) is 17.6 Å². The molecule has 8 nitrogen and oxygen atoms in total. The van der Waals surface area contributed by atoms with Crippen LogP contribution >= 0.6 is 0 Å². The van der Waals surface area contributed by atoms with E-state index in [0.29, 0.717) is 29.1 Å². The van der Waals surface area contributed by atoms with Gasteiger partial charge < -0.3 is 16.4 Å². The number of nitrogens with two attached hydrogens (primary N) is 1. The first-order valence-electron chi connectivity index (χ1n) is 9.94. The summed E-state index contributed by atoms with van der Waals surface area (Å²) < 4.78 is 27.8. The summed E-state index contributed by atoms with van der Waals surface area (Å²) in [6, 6.07) is 5.38. The minimum absolute atomic E-state index is 0.0848. The van der Waals surface area contributed by atoms with Gasteiger partial charge in [0.1, 0.15) is 5.82 Å². The van der Waals surface area contributed by atoms with Gasteiger partial charge in [0.15, 0.2) is 17.5 Å². The van der Waals surface area contributed by atoms with Crippen LogP contribution in [-0.2, 0) is 17.8 Å². The minimum atomic E-state index is -0.921. The molecular formula is C22H24F2N6O2. The molecule has 1 aromatic carbocycles. The second-order valence-corrected chi connectivity index (χ2v) is 7.36. The van der Waals surface area contributed by atoms with Crippen molar-refractivity contribution in [3.8, 4) is 5.69 Å². The molecule has 0 saturated heterocycles. The van der Waals surface area contributed by atoms with Crippen molar-refractivity contribution < 1.29 is 13.6 Å². The summed E-state index contributed by atoms with van der Waals surface area (Å²) in [6.45, 7) is 5.43. The largest absolute Gasteiger partial charge is 0.382 e. The van der Waals surface area contributed by atoms with E-state index in [-0.39, 0.29) is 30.6 Å². The zero-order valence-electron chi connectivity index (χ0n) is 18.0. The Morgan fingerprint density at radius 2 is 1.94 bits per heavy atom. The van der Waals surface area contributed by atoms with Crippen LogP contribution < -0.4 is 21.9 Å². The van der Waals surface area contributed by atoms with Gasteiger partial charge in [0.2, 0.25) is 5.91 Å². The molecule has 0 atom stereocenters. The first-order valence-corrected chi connectivity index (χ1v) is 9.94. The molecule has 0 radical (unpaired) electrons. The number of halogens is 2. The van der Waals surface area contributed by atoms with Crippen LogP contribution in [0.1, 0.15) is 29.4 Å². The minimum Gasteiger partial charge on any atom is -0.382 e. The number of carbonyl (C=O) groups excluding carboxylic acids is 1. The first-order chi connectivity index (χ1) is 15.2. The summed E-state index contributed by atoms with van der Waals surface area (Å²) in [6.07, 6.45) is 1.88. The van der Waals surface area contributed by atoms with Gasteiger partial charge in [-0.25, -0.2) is 18.7 Å². The number of nitrogen functional groups attached to an aromatic ring is 1. The Hall–Kier alpha value is -3.82. The summed E-state index contributed by atoms with van der Waals surface area (Å²) in [4.78, 5) is 32.9. The topological polar surface area (TPSA) is 115 Å². The fourth-order valence-corrected chi connectivity index (χ4v) is 3.21. The summed E-state index contributed by atoms with van der Waals surface area (Å²) >= 11 is 0. The van der Waals surface area contributed by atoms with Gasteiger partial charge in [0, 0.05) is 37.6 Å². The Kier molecular flexibility index (Phi) is 6.82. The molecule has 0 bridgehead atoms. The second-order valence-electron chi connectivity index (χ2n) is 7.36. The highest BCUT2D eigenvalue weighted by molar-refractivity contribution is 5.73. The SMILES string of the molecule is CC(=O)NCc1cc(-n2c(C)cnc(NCCc3ccc(F)c(F)c3)c2=O)c(N)nc1C. The van der Waals surface area contributed by atoms with Crippen LogP contribution in [0.2, 0.25) is 0 Å². The van der Waals surface area contributed by atoms with E-state index in [9.17, 15) is 18.4 Å². The normalized spacial score (nSPS) is 10.8. The van der Waals surface area contributed by atoms with Crippen LogP contribution in [0, 0.1) is 25.5 Å². The highest BCUT2D eigenvalue weighted by Crippen LogP contribution is 2.20. The lowest BCUT2D eigenvalue weighted by atomic mass is 10.1. The van der Waals surface area contributed by atoms with E-state index in [1.54, 1.807) is 19.9 Å². The van der Waals surface area contributed by atoms with E-state index in [4.69, 9.17) is 5.73 Å². The molecule has 2 aromatic heterocycles. The predicted molar refractivity (Wildman–Crippen MR) is 118 cm³/mol. The lowest BCUT2D eigenvalue weighted by Gasteiger charge is -2.16. The molecule has 0 spiro atoms. The van der Waals surface area contributed by atoms with Crippen molar-refractivity contribution in [2.45, 2.75) is 33.7 Å². The maximum atomic E-state index is 13.4. The van der Waals surface area contributed by atoms with Crippen LogP contribution in [0.15, 0.2) is 35.3 Å². The van der Waals surface area contributed by atoms with E-state index in [2.05, 4.69) is 20.6 Å². The summed E-state index contributed by atoms with van der Waals surface area (Å²) in [5.41, 5.74) is 8.54. The van der Waals surface area contributed by atoms with E-state index < -0.39 is 17.2 Å². The summed E-state index contributed by atoms with van der Waals surface area (Å²) in [7, 11) is 0. The molecule has 2 heterocycles. The monoisotopic (exact) mass is 442 g/mol. The van der Waals surface area contributed by atoms with Gasteiger partial charge in [-0.05, 0) is 49.6 Å². The van der Waals surface area contributed by atoms with Gasteiger partial charge in [0.25, 0.3) is 5.56 Å². The summed E-state index contributed by atoms with van der Waals surface area (Å²) in [5, 5.41) is 5.65. The molecule has 0 aliphatic carbocycles. The van der Waals surface area contributed by atoms with Crippen LogP contribution in [-0.4, -0.2) is 27.0 Å². The van der Waals surface area contributed by atoms with Gasteiger partial charge in [-0.15, -0.1) is 0 Å². The van der Waals surface area contributed by atoms with Crippen LogP contribution in [0.25, 0.3) is 5.69 Å². The predicted octanol–water partition coefficient (Wildman–Crippen LogP) is 2.40. The second kappa shape index (κ2) is 9.54. The quantitative estimate of drug-likeness (QED) is 0.518.